The average Bonchev–Trinajstić information content (AvgIpc) is 2.85. The number of hydrogen-bond acceptors (Lipinski definition) is 5. The molecule has 2 rings (SSSR count). The Morgan fingerprint density at radius 1 is 1.19 bits per heavy atom. The van der Waals surface area contributed by atoms with Crippen molar-refractivity contribution in [2.45, 2.75) is 11.4 Å². The third-order valence-corrected chi connectivity index (χ3v) is 6.82. The molecule has 114 valence electrons. The lowest BCUT2D eigenvalue weighted by molar-refractivity contribution is 0.583. The standard InChI is InChI=1S/C13H15BrN2O2S3/c14-13-6-5-12(20-13)9-16-21(17,18)8-7-19-11-3-1-10(15)2-4-11/h1-6,16H,7-9,15H2. The fourth-order valence-corrected chi connectivity index (χ4v) is 5.34. The van der Waals surface area contributed by atoms with E-state index in [9.17, 15) is 8.42 Å². The number of anilines is 1. The molecule has 0 aliphatic heterocycles. The van der Waals surface area contributed by atoms with E-state index in [1.54, 1.807) is 0 Å². The maximum absolute atomic E-state index is 11.9. The second kappa shape index (κ2) is 7.64. The van der Waals surface area contributed by atoms with E-state index < -0.39 is 10.0 Å². The summed E-state index contributed by atoms with van der Waals surface area (Å²) in [5, 5.41) is 0. The van der Waals surface area contributed by atoms with Gasteiger partial charge < -0.3 is 5.73 Å². The molecule has 3 N–H and O–H groups in total. The number of thiophene rings is 1. The second-order valence-electron chi connectivity index (χ2n) is 4.26. The number of nitrogens with two attached hydrogens (primary N) is 1. The van der Waals surface area contributed by atoms with E-state index in [0.717, 1.165) is 13.6 Å². The topological polar surface area (TPSA) is 72.2 Å². The van der Waals surface area contributed by atoms with E-state index in [1.807, 2.05) is 36.4 Å². The van der Waals surface area contributed by atoms with Crippen molar-refractivity contribution in [3.05, 3.63) is 45.1 Å². The lowest BCUT2D eigenvalue weighted by Crippen LogP contribution is -2.26. The minimum atomic E-state index is -3.25. The maximum atomic E-state index is 11.9. The number of halogens is 1. The summed E-state index contributed by atoms with van der Waals surface area (Å²) in [6, 6.07) is 11.2. The average molecular weight is 407 g/mol. The van der Waals surface area contributed by atoms with Crippen LogP contribution in [-0.2, 0) is 16.6 Å². The predicted molar refractivity (Wildman–Crippen MR) is 94.2 cm³/mol. The van der Waals surface area contributed by atoms with Gasteiger partial charge in [0.2, 0.25) is 10.0 Å². The summed E-state index contributed by atoms with van der Waals surface area (Å²) in [4.78, 5) is 2.00. The number of hydrogen-bond donors (Lipinski definition) is 2. The Kier molecular flexibility index (Phi) is 6.12. The van der Waals surface area contributed by atoms with Gasteiger partial charge in [0.05, 0.1) is 9.54 Å². The van der Waals surface area contributed by atoms with Crippen molar-refractivity contribution in [3.63, 3.8) is 0 Å². The highest BCUT2D eigenvalue weighted by molar-refractivity contribution is 9.11. The summed E-state index contributed by atoms with van der Waals surface area (Å²) in [5.74, 6) is 0.599. The van der Waals surface area contributed by atoms with Crippen molar-refractivity contribution >= 4 is 54.7 Å². The Bertz CT molecular complexity index is 684. The number of rotatable bonds is 7. The first kappa shape index (κ1) is 16.8. The normalized spacial score (nSPS) is 11.7. The van der Waals surface area contributed by atoms with Crippen LogP contribution in [0.3, 0.4) is 0 Å². The van der Waals surface area contributed by atoms with Crippen molar-refractivity contribution in [1.82, 2.24) is 4.72 Å². The molecule has 8 heteroatoms. The summed E-state index contributed by atoms with van der Waals surface area (Å²) in [7, 11) is -3.25. The van der Waals surface area contributed by atoms with E-state index in [1.165, 1.54) is 23.1 Å². The molecule has 0 saturated carbocycles. The van der Waals surface area contributed by atoms with E-state index in [-0.39, 0.29) is 5.75 Å². The molecular weight excluding hydrogens is 392 g/mol. The van der Waals surface area contributed by atoms with Crippen LogP contribution in [0.2, 0.25) is 0 Å². The first-order valence-corrected chi connectivity index (χ1v) is 10.4. The van der Waals surface area contributed by atoms with Crippen molar-refractivity contribution < 1.29 is 8.42 Å². The zero-order chi connectivity index (χ0) is 15.3. The summed E-state index contributed by atoms with van der Waals surface area (Å²) in [6.45, 7) is 0.338. The minimum absolute atomic E-state index is 0.0919. The Morgan fingerprint density at radius 2 is 1.90 bits per heavy atom. The van der Waals surface area contributed by atoms with E-state index >= 15 is 0 Å². The molecule has 0 aliphatic rings. The van der Waals surface area contributed by atoms with Gasteiger partial charge in [0.15, 0.2) is 0 Å². The van der Waals surface area contributed by atoms with Crippen LogP contribution >= 0.6 is 39.0 Å². The highest BCUT2D eigenvalue weighted by Crippen LogP contribution is 2.22. The van der Waals surface area contributed by atoms with E-state index in [0.29, 0.717) is 18.0 Å². The zero-order valence-corrected chi connectivity index (χ0v) is 15.1. The Labute approximate surface area is 141 Å². The van der Waals surface area contributed by atoms with Crippen LogP contribution in [0.4, 0.5) is 5.69 Å². The van der Waals surface area contributed by atoms with Gasteiger partial charge in [-0.1, -0.05) is 0 Å². The largest absolute Gasteiger partial charge is 0.399 e. The molecule has 0 radical (unpaired) electrons. The van der Waals surface area contributed by atoms with Gasteiger partial charge in [0.25, 0.3) is 0 Å². The van der Waals surface area contributed by atoms with Crippen LogP contribution < -0.4 is 10.5 Å². The summed E-state index contributed by atoms with van der Waals surface area (Å²) >= 11 is 6.38. The molecular formula is C13H15BrN2O2S3. The van der Waals surface area contributed by atoms with Crippen LogP contribution in [0, 0.1) is 0 Å². The quantitative estimate of drug-likeness (QED) is 0.546. The van der Waals surface area contributed by atoms with Gasteiger partial charge in [0, 0.05) is 27.8 Å². The Hall–Kier alpha value is -0.540. The molecule has 21 heavy (non-hydrogen) atoms. The monoisotopic (exact) mass is 406 g/mol. The molecule has 0 aliphatic carbocycles. The number of sulfonamides is 1. The number of thioether (sulfide) groups is 1. The highest BCUT2D eigenvalue weighted by Gasteiger charge is 2.10. The fraction of sp³-hybridized carbons (Fsp3) is 0.231. The summed E-state index contributed by atoms with van der Waals surface area (Å²) < 4.78 is 27.4. The third kappa shape index (κ3) is 5.99. The highest BCUT2D eigenvalue weighted by atomic mass is 79.9. The molecule has 1 aromatic carbocycles. The molecule has 0 spiro atoms. The van der Waals surface area contributed by atoms with Gasteiger partial charge in [0.1, 0.15) is 0 Å². The van der Waals surface area contributed by atoms with Gasteiger partial charge in [-0.05, 0) is 52.3 Å². The SMILES string of the molecule is Nc1ccc(SCCS(=O)(=O)NCc2ccc(Br)s2)cc1. The smallest absolute Gasteiger partial charge is 0.212 e. The predicted octanol–water partition coefficient (Wildman–Crippen LogP) is 3.30. The lowest BCUT2D eigenvalue weighted by Gasteiger charge is -2.06. The fourth-order valence-electron chi connectivity index (χ4n) is 1.53. The first-order chi connectivity index (χ1) is 9.94. The molecule has 4 nitrogen and oxygen atoms in total. The van der Waals surface area contributed by atoms with E-state index in [2.05, 4.69) is 20.7 Å². The maximum Gasteiger partial charge on any atom is 0.212 e. The van der Waals surface area contributed by atoms with Gasteiger partial charge in [-0.25, -0.2) is 13.1 Å². The van der Waals surface area contributed by atoms with E-state index in [4.69, 9.17) is 5.73 Å². The van der Waals surface area contributed by atoms with Crippen molar-refractivity contribution in [3.8, 4) is 0 Å². The van der Waals surface area contributed by atoms with Crippen LogP contribution in [0.5, 0.6) is 0 Å². The molecule has 0 atom stereocenters. The minimum Gasteiger partial charge on any atom is -0.399 e. The first-order valence-electron chi connectivity index (χ1n) is 6.14. The third-order valence-electron chi connectivity index (χ3n) is 2.60. The zero-order valence-electron chi connectivity index (χ0n) is 11.1. The molecule has 2 aromatic rings. The Balaban J connectivity index is 1.77. The van der Waals surface area contributed by atoms with Crippen molar-refractivity contribution in [2.24, 2.45) is 0 Å². The summed E-state index contributed by atoms with van der Waals surface area (Å²) in [5.41, 5.74) is 6.31. The van der Waals surface area contributed by atoms with Crippen LogP contribution in [0.25, 0.3) is 0 Å². The molecule has 1 aromatic heterocycles. The molecule has 1 heterocycles. The van der Waals surface area contributed by atoms with Gasteiger partial charge in [-0.3, -0.25) is 0 Å². The lowest BCUT2D eigenvalue weighted by atomic mass is 10.3. The van der Waals surface area contributed by atoms with Crippen LogP contribution in [0.15, 0.2) is 45.1 Å². The van der Waals surface area contributed by atoms with Crippen molar-refractivity contribution in [2.75, 3.05) is 17.2 Å². The number of nitrogens with one attached hydrogen (secondary N) is 1. The molecule has 0 unspecified atom stereocenters. The van der Waals surface area contributed by atoms with Gasteiger partial charge in [-0.15, -0.1) is 23.1 Å². The summed E-state index contributed by atoms with van der Waals surface area (Å²) in [6.07, 6.45) is 0. The molecule has 0 saturated heterocycles. The van der Waals surface area contributed by atoms with Crippen LogP contribution in [0.1, 0.15) is 4.88 Å². The Morgan fingerprint density at radius 3 is 2.52 bits per heavy atom. The molecule has 0 bridgehead atoms. The second-order valence-corrected chi connectivity index (χ2v) is 9.91. The molecule has 0 fully saturated rings. The van der Waals surface area contributed by atoms with Gasteiger partial charge >= 0.3 is 0 Å². The number of nitrogen functional groups attached to an aromatic ring is 1. The molecule has 0 amide bonds. The van der Waals surface area contributed by atoms with Gasteiger partial charge in [-0.2, -0.15) is 0 Å². The van der Waals surface area contributed by atoms with Crippen molar-refractivity contribution in [1.29, 1.82) is 0 Å². The van der Waals surface area contributed by atoms with Crippen LogP contribution in [-0.4, -0.2) is 19.9 Å². The number of benzene rings is 1.